The Hall–Kier alpha value is -0.930. The molecule has 1 aromatic rings. The van der Waals surface area contributed by atoms with Crippen molar-refractivity contribution in [1.82, 2.24) is 4.98 Å². The molecule has 2 N–H and O–H groups in total. The van der Waals surface area contributed by atoms with Crippen LogP contribution in [0.1, 0.15) is 12.5 Å². The Labute approximate surface area is 78.9 Å². The van der Waals surface area contributed by atoms with E-state index in [2.05, 4.69) is 4.98 Å². The molecule has 1 unspecified atom stereocenters. The molecular formula is C10H16N2O. The van der Waals surface area contributed by atoms with Crippen LogP contribution in [0.15, 0.2) is 24.5 Å². The SMILES string of the molecule is COCC(C)(N)Cc1ccncc1. The largest absolute Gasteiger partial charge is 0.383 e. The van der Waals surface area contributed by atoms with Gasteiger partial charge in [-0.05, 0) is 31.0 Å². The number of nitrogens with zero attached hydrogens (tertiary/aromatic N) is 1. The van der Waals surface area contributed by atoms with E-state index in [4.69, 9.17) is 10.5 Å². The van der Waals surface area contributed by atoms with Gasteiger partial charge in [-0.15, -0.1) is 0 Å². The first-order valence-electron chi connectivity index (χ1n) is 4.31. The van der Waals surface area contributed by atoms with Gasteiger partial charge in [-0.2, -0.15) is 0 Å². The highest BCUT2D eigenvalue weighted by Gasteiger charge is 2.18. The third-order valence-electron chi connectivity index (χ3n) is 1.83. The molecule has 0 bridgehead atoms. The fourth-order valence-corrected chi connectivity index (χ4v) is 1.35. The summed E-state index contributed by atoms with van der Waals surface area (Å²) >= 11 is 0. The highest BCUT2D eigenvalue weighted by atomic mass is 16.5. The minimum atomic E-state index is -0.296. The zero-order valence-electron chi connectivity index (χ0n) is 8.16. The van der Waals surface area contributed by atoms with Crippen molar-refractivity contribution in [2.75, 3.05) is 13.7 Å². The van der Waals surface area contributed by atoms with Gasteiger partial charge in [0.05, 0.1) is 6.61 Å². The summed E-state index contributed by atoms with van der Waals surface area (Å²) in [5, 5.41) is 0. The third-order valence-corrected chi connectivity index (χ3v) is 1.83. The molecule has 13 heavy (non-hydrogen) atoms. The molecule has 0 saturated carbocycles. The summed E-state index contributed by atoms with van der Waals surface area (Å²) in [5.74, 6) is 0. The van der Waals surface area contributed by atoms with Crippen molar-refractivity contribution in [2.24, 2.45) is 5.73 Å². The molecule has 1 heterocycles. The molecule has 0 aliphatic carbocycles. The topological polar surface area (TPSA) is 48.1 Å². The van der Waals surface area contributed by atoms with Crippen LogP contribution in [0.3, 0.4) is 0 Å². The second-order valence-corrected chi connectivity index (χ2v) is 3.62. The lowest BCUT2D eigenvalue weighted by Crippen LogP contribution is -2.43. The predicted octanol–water partition coefficient (Wildman–Crippen LogP) is 0.988. The minimum Gasteiger partial charge on any atom is -0.383 e. The van der Waals surface area contributed by atoms with E-state index >= 15 is 0 Å². The van der Waals surface area contributed by atoms with E-state index in [0.717, 1.165) is 6.42 Å². The number of pyridine rings is 1. The first-order valence-corrected chi connectivity index (χ1v) is 4.31. The Bertz CT molecular complexity index is 246. The van der Waals surface area contributed by atoms with Crippen molar-refractivity contribution in [1.29, 1.82) is 0 Å². The highest BCUT2D eigenvalue weighted by Crippen LogP contribution is 2.09. The number of hydrogen-bond donors (Lipinski definition) is 1. The van der Waals surface area contributed by atoms with Crippen molar-refractivity contribution in [3.8, 4) is 0 Å². The van der Waals surface area contributed by atoms with Gasteiger partial charge < -0.3 is 10.5 Å². The molecule has 1 atom stereocenters. The third kappa shape index (κ3) is 3.53. The monoisotopic (exact) mass is 180 g/mol. The number of aromatic nitrogens is 1. The summed E-state index contributed by atoms with van der Waals surface area (Å²) < 4.78 is 5.04. The molecule has 0 aliphatic heterocycles. The number of ether oxygens (including phenoxy) is 1. The zero-order chi connectivity index (χ0) is 9.73. The maximum absolute atomic E-state index is 6.01. The highest BCUT2D eigenvalue weighted by molar-refractivity contribution is 5.13. The molecule has 0 aliphatic rings. The Morgan fingerprint density at radius 1 is 1.46 bits per heavy atom. The molecule has 0 amide bonds. The summed E-state index contributed by atoms with van der Waals surface area (Å²) in [6, 6.07) is 3.95. The van der Waals surface area contributed by atoms with Gasteiger partial charge in [0, 0.05) is 25.0 Å². The molecule has 3 heteroatoms. The number of rotatable bonds is 4. The van der Waals surface area contributed by atoms with Crippen LogP contribution in [0.4, 0.5) is 0 Å². The van der Waals surface area contributed by atoms with Crippen molar-refractivity contribution >= 4 is 0 Å². The van der Waals surface area contributed by atoms with Gasteiger partial charge in [-0.25, -0.2) is 0 Å². The molecule has 0 radical (unpaired) electrons. The zero-order valence-corrected chi connectivity index (χ0v) is 8.16. The van der Waals surface area contributed by atoms with E-state index in [9.17, 15) is 0 Å². The summed E-state index contributed by atoms with van der Waals surface area (Å²) in [4.78, 5) is 3.95. The molecule has 72 valence electrons. The van der Waals surface area contributed by atoms with E-state index < -0.39 is 0 Å². The van der Waals surface area contributed by atoms with Gasteiger partial charge in [0.15, 0.2) is 0 Å². The average molecular weight is 180 g/mol. The maximum atomic E-state index is 6.01. The van der Waals surface area contributed by atoms with Crippen LogP contribution >= 0.6 is 0 Å². The molecule has 3 nitrogen and oxygen atoms in total. The first kappa shape index (κ1) is 10.2. The summed E-state index contributed by atoms with van der Waals surface area (Å²) in [7, 11) is 1.66. The van der Waals surface area contributed by atoms with Crippen LogP contribution in [0.25, 0.3) is 0 Å². The molecule has 0 fully saturated rings. The number of nitrogens with two attached hydrogens (primary N) is 1. The lowest BCUT2D eigenvalue weighted by atomic mass is 9.96. The van der Waals surface area contributed by atoms with Crippen molar-refractivity contribution < 1.29 is 4.74 Å². The van der Waals surface area contributed by atoms with Crippen LogP contribution in [-0.4, -0.2) is 24.2 Å². The summed E-state index contributed by atoms with van der Waals surface area (Å²) in [5.41, 5.74) is 6.91. The lowest BCUT2D eigenvalue weighted by molar-refractivity contribution is 0.141. The molecule has 0 aromatic carbocycles. The predicted molar refractivity (Wildman–Crippen MR) is 52.4 cm³/mol. The Balaban J connectivity index is 2.58. The molecular weight excluding hydrogens is 164 g/mol. The van der Waals surface area contributed by atoms with Crippen LogP contribution < -0.4 is 5.73 Å². The van der Waals surface area contributed by atoms with Gasteiger partial charge >= 0.3 is 0 Å². The van der Waals surface area contributed by atoms with E-state index in [1.165, 1.54) is 5.56 Å². The van der Waals surface area contributed by atoms with Gasteiger partial charge in [0.1, 0.15) is 0 Å². The Kier molecular flexibility index (Phi) is 3.39. The molecule has 0 saturated heterocycles. The fourth-order valence-electron chi connectivity index (χ4n) is 1.35. The van der Waals surface area contributed by atoms with Gasteiger partial charge in [0.2, 0.25) is 0 Å². The lowest BCUT2D eigenvalue weighted by Gasteiger charge is -2.23. The Morgan fingerprint density at radius 2 is 2.08 bits per heavy atom. The number of hydrogen-bond acceptors (Lipinski definition) is 3. The molecule has 1 rings (SSSR count). The average Bonchev–Trinajstić information content (AvgIpc) is 2.04. The minimum absolute atomic E-state index is 0.296. The summed E-state index contributed by atoms with van der Waals surface area (Å²) in [6.45, 7) is 2.55. The van der Waals surface area contributed by atoms with Crippen LogP contribution in [0.5, 0.6) is 0 Å². The Morgan fingerprint density at radius 3 is 2.62 bits per heavy atom. The van der Waals surface area contributed by atoms with E-state index in [0.29, 0.717) is 6.61 Å². The van der Waals surface area contributed by atoms with Crippen molar-refractivity contribution in [3.05, 3.63) is 30.1 Å². The number of methoxy groups -OCH3 is 1. The second-order valence-electron chi connectivity index (χ2n) is 3.62. The van der Waals surface area contributed by atoms with Crippen LogP contribution in [0, 0.1) is 0 Å². The smallest absolute Gasteiger partial charge is 0.0642 e. The van der Waals surface area contributed by atoms with Gasteiger partial charge in [-0.1, -0.05) is 0 Å². The fraction of sp³-hybridized carbons (Fsp3) is 0.500. The molecule has 0 spiro atoms. The van der Waals surface area contributed by atoms with E-state index in [1.807, 2.05) is 19.1 Å². The standard InChI is InChI=1S/C10H16N2O/c1-10(11,8-13-2)7-9-3-5-12-6-4-9/h3-6H,7-8,11H2,1-2H3. The van der Waals surface area contributed by atoms with Crippen molar-refractivity contribution in [2.45, 2.75) is 18.9 Å². The second kappa shape index (κ2) is 4.35. The van der Waals surface area contributed by atoms with Gasteiger partial charge in [0.25, 0.3) is 0 Å². The maximum Gasteiger partial charge on any atom is 0.0642 e. The van der Waals surface area contributed by atoms with Gasteiger partial charge in [-0.3, -0.25) is 4.98 Å². The van der Waals surface area contributed by atoms with Crippen molar-refractivity contribution in [3.63, 3.8) is 0 Å². The van der Waals surface area contributed by atoms with E-state index in [1.54, 1.807) is 19.5 Å². The molecule has 1 aromatic heterocycles. The normalized spacial score (nSPS) is 15.3. The van der Waals surface area contributed by atoms with Crippen LogP contribution in [-0.2, 0) is 11.2 Å². The summed E-state index contributed by atoms with van der Waals surface area (Å²) in [6.07, 6.45) is 4.36. The quantitative estimate of drug-likeness (QED) is 0.751. The van der Waals surface area contributed by atoms with E-state index in [-0.39, 0.29) is 5.54 Å². The van der Waals surface area contributed by atoms with Crippen LogP contribution in [0.2, 0.25) is 0 Å². The first-order chi connectivity index (χ1) is 6.14.